The average molecular weight is 233 g/mol. The first-order chi connectivity index (χ1) is 8.09. The zero-order chi connectivity index (χ0) is 12.7. The SMILES string of the molecule is C=C(C)C(=O)NCC(=O)OCc1ccccc1. The molecule has 1 N–H and O–H groups in total. The summed E-state index contributed by atoms with van der Waals surface area (Å²) in [5, 5.41) is 2.41. The molecule has 4 nitrogen and oxygen atoms in total. The highest BCUT2D eigenvalue weighted by atomic mass is 16.5. The predicted octanol–water partition coefficient (Wildman–Crippen LogP) is 1.42. The van der Waals surface area contributed by atoms with E-state index in [1.54, 1.807) is 6.92 Å². The Bertz CT molecular complexity index is 412. The number of esters is 1. The molecule has 0 heterocycles. The molecule has 0 saturated heterocycles. The molecule has 0 spiro atoms. The summed E-state index contributed by atoms with van der Waals surface area (Å²) in [6.45, 7) is 5.11. The van der Waals surface area contributed by atoms with Crippen molar-refractivity contribution in [3.63, 3.8) is 0 Å². The zero-order valence-electron chi connectivity index (χ0n) is 9.73. The number of rotatable bonds is 5. The minimum atomic E-state index is -0.469. The van der Waals surface area contributed by atoms with Crippen LogP contribution in [-0.2, 0) is 20.9 Å². The largest absolute Gasteiger partial charge is 0.460 e. The molecule has 17 heavy (non-hydrogen) atoms. The van der Waals surface area contributed by atoms with E-state index in [-0.39, 0.29) is 19.1 Å². The van der Waals surface area contributed by atoms with Gasteiger partial charge in [0.1, 0.15) is 13.2 Å². The Hall–Kier alpha value is -2.10. The van der Waals surface area contributed by atoms with E-state index in [1.165, 1.54) is 0 Å². The van der Waals surface area contributed by atoms with E-state index in [0.29, 0.717) is 5.57 Å². The summed E-state index contributed by atoms with van der Waals surface area (Å²) in [4.78, 5) is 22.4. The molecule has 0 fully saturated rings. The molecule has 1 rings (SSSR count). The van der Waals surface area contributed by atoms with E-state index in [2.05, 4.69) is 11.9 Å². The zero-order valence-corrected chi connectivity index (χ0v) is 9.73. The van der Waals surface area contributed by atoms with Crippen molar-refractivity contribution in [2.45, 2.75) is 13.5 Å². The maximum absolute atomic E-state index is 11.3. The van der Waals surface area contributed by atoms with Crippen molar-refractivity contribution in [3.05, 3.63) is 48.0 Å². The second kappa shape index (κ2) is 6.48. The Balaban J connectivity index is 2.27. The number of ether oxygens (including phenoxy) is 1. The van der Waals surface area contributed by atoms with Crippen LogP contribution in [0.1, 0.15) is 12.5 Å². The fraction of sp³-hybridized carbons (Fsp3) is 0.231. The van der Waals surface area contributed by atoms with Crippen molar-refractivity contribution >= 4 is 11.9 Å². The monoisotopic (exact) mass is 233 g/mol. The molecule has 0 unspecified atom stereocenters. The molecule has 90 valence electrons. The van der Waals surface area contributed by atoms with Crippen LogP contribution in [0.4, 0.5) is 0 Å². The van der Waals surface area contributed by atoms with Crippen LogP contribution in [-0.4, -0.2) is 18.4 Å². The minimum absolute atomic E-state index is 0.140. The number of hydrogen-bond acceptors (Lipinski definition) is 3. The third-order valence-corrected chi connectivity index (χ3v) is 2.02. The normalized spacial score (nSPS) is 9.47. The number of hydrogen-bond donors (Lipinski definition) is 1. The number of benzene rings is 1. The van der Waals surface area contributed by atoms with Gasteiger partial charge in [-0.3, -0.25) is 9.59 Å². The molecule has 0 aliphatic carbocycles. The molecule has 0 aliphatic rings. The van der Waals surface area contributed by atoms with Crippen LogP contribution in [0.15, 0.2) is 42.5 Å². The third kappa shape index (κ3) is 4.97. The van der Waals surface area contributed by atoms with Gasteiger partial charge in [0, 0.05) is 5.57 Å². The Morgan fingerprint density at radius 3 is 2.53 bits per heavy atom. The minimum Gasteiger partial charge on any atom is -0.460 e. The Labute approximate surface area is 100 Å². The third-order valence-electron chi connectivity index (χ3n) is 2.02. The van der Waals surface area contributed by atoms with E-state index in [9.17, 15) is 9.59 Å². The van der Waals surface area contributed by atoms with Gasteiger partial charge in [-0.2, -0.15) is 0 Å². The van der Waals surface area contributed by atoms with Gasteiger partial charge in [-0.25, -0.2) is 0 Å². The maximum Gasteiger partial charge on any atom is 0.325 e. The lowest BCUT2D eigenvalue weighted by Crippen LogP contribution is -2.30. The first-order valence-electron chi connectivity index (χ1n) is 5.23. The van der Waals surface area contributed by atoms with Gasteiger partial charge in [0.25, 0.3) is 0 Å². The summed E-state index contributed by atoms with van der Waals surface area (Å²) in [5.41, 5.74) is 1.27. The Kier molecular flexibility index (Phi) is 4.94. The van der Waals surface area contributed by atoms with Crippen LogP contribution in [0.25, 0.3) is 0 Å². The topological polar surface area (TPSA) is 55.4 Å². The van der Waals surface area contributed by atoms with E-state index < -0.39 is 5.97 Å². The highest BCUT2D eigenvalue weighted by Crippen LogP contribution is 2.00. The molecule has 4 heteroatoms. The predicted molar refractivity (Wildman–Crippen MR) is 64.1 cm³/mol. The van der Waals surface area contributed by atoms with Gasteiger partial charge in [0.05, 0.1) is 0 Å². The Morgan fingerprint density at radius 2 is 1.94 bits per heavy atom. The van der Waals surface area contributed by atoms with Crippen molar-refractivity contribution < 1.29 is 14.3 Å². The molecule has 1 amide bonds. The van der Waals surface area contributed by atoms with Gasteiger partial charge >= 0.3 is 5.97 Å². The lowest BCUT2D eigenvalue weighted by atomic mass is 10.2. The van der Waals surface area contributed by atoms with Gasteiger partial charge in [-0.15, -0.1) is 0 Å². The number of nitrogens with one attached hydrogen (secondary N) is 1. The van der Waals surface area contributed by atoms with Crippen molar-refractivity contribution in [2.24, 2.45) is 0 Å². The van der Waals surface area contributed by atoms with Crippen molar-refractivity contribution in [1.29, 1.82) is 0 Å². The summed E-state index contributed by atoms with van der Waals surface area (Å²) in [6, 6.07) is 9.34. The van der Waals surface area contributed by atoms with Gasteiger partial charge < -0.3 is 10.1 Å². The summed E-state index contributed by atoms with van der Waals surface area (Å²) in [7, 11) is 0. The molecular weight excluding hydrogens is 218 g/mol. The molecule has 1 aromatic rings. The summed E-state index contributed by atoms with van der Waals surface area (Å²) in [6.07, 6.45) is 0. The molecule has 0 radical (unpaired) electrons. The lowest BCUT2D eigenvalue weighted by molar-refractivity contribution is -0.144. The molecule has 0 aromatic heterocycles. The smallest absolute Gasteiger partial charge is 0.325 e. The van der Waals surface area contributed by atoms with E-state index in [1.807, 2.05) is 30.3 Å². The molecule has 0 aliphatic heterocycles. The first kappa shape index (κ1) is 13.0. The van der Waals surface area contributed by atoms with Gasteiger partial charge in [-0.05, 0) is 12.5 Å². The number of carbonyl (C=O) groups excluding carboxylic acids is 2. The van der Waals surface area contributed by atoms with E-state index >= 15 is 0 Å². The van der Waals surface area contributed by atoms with Gasteiger partial charge in [0.15, 0.2) is 0 Å². The van der Waals surface area contributed by atoms with Crippen LogP contribution >= 0.6 is 0 Å². The van der Waals surface area contributed by atoms with Gasteiger partial charge in [0.2, 0.25) is 5.91 Å². The lowest BCUT2D eigenvalue weighted by Gasteiger charge is -2.06. The summed E-state index contributed by atoms with van der Waals surface area (Å²) in [5.74, 6) is -0.815. The molecule has 0 bridgehead atoms. The van der Waals surface area contributed by atoms with Gasteiger partial charge in [-0.1, -0.05) is 36.9 Å². The molecule has 0 saturated carbocycles. The maximum atomic E-state index is 11.3. The van der Waals surface area contributed by atoms with Crippen molar-refractivity contribution in [2.75, 3.05) is 6.54 Å². The number of amides is 1. The van der Waals surface area contributed by atoms with Crippen LogP contribution in [0, 0.1) is 0 Å². The fourth-order valence-corrected chi connectivity index (χ4v) is 1.09. The second-order valence-corrected chi connectivity index (χ2v) is 3.61. The molecule has 1 aromatic carbocycles. The van der Waals surface area contributed by atoms with Crippen molar-refractivity contribution in [1.82, 2.24) is 5.32 Å². The fourth-order valence-electron chi connectivity index (χ4n) is 1.09. The van der Waals surface area contributed by atoms with Crippen molar-refractivity contribution in [3.8, 4) is 0 Å². The van der Waals surface area contributed by atoms with Crippen LogP contribution in [0.2, 0.25) is 0 Å². The van der Waals surface area contributed by atoms with Crippen LogP contribution < -0.4 is 5.32 Å². The van der Waals surface area contributed by atoms with Crippen LogP contribution in [0.3, 0.4) is 0 Å². The quantitative estimate of drug-likeness (QED) is 0.618. The highest BCUT2D eigenvalue weighted by molar-refractivity contribution is 5.94. The van der Waals surface area contributed by atoms with E-state index in [4.69, 9.17) is 4.74 Å². The molecule has 0 atom stereocenters. The Morgan fingerprint density at radius 1 is 1.29 bits per heavy atom. The first-order valence-corrected chi connectivity index (χ1v) is 5.23. The second-order valence-electron chi connectivity index (χ2n) is 3.61. The standard InChI is InChI=1S/C13H15NO3/c1-10(2)13(16)14-8-12(15)17-9-11-6-4-3-5-7-11/h3-7H,1,8-9H2,2H3,(H,14,16). The average Bonchev–Trinajstić information content (AvgIpc) is 2.34. The highest BCUT2D eigenvalue weighted by Gasteiger charge is 2.06. The van der Waals surface area contributed by atoms with E-state index in [0.717, 1.165) is 5.56 Å². The van der Waals surface area contributed by atoms with Crippen LogP contribution in [0.5, 0.6) is 0 Å². The molecular formula is C13H15NO3. The number of carbonyl (C=O) groups is 2. The summed E-state index contributed by atoms with van der Waals surface area (Å²) < 4.78 is 4.97. The summed E-state index contributed by atoms with van der Waals surface area (Å²) >= 11 is 0.